The first-order valence-electron chi connectivity index (χ1n) is 7.49. The number of hydrogen-bond donors (Lipinski definition) is 0. The summed E-state index contributed by atoms with van der Waals surface area (Å²) in [5.41, 5.74) is 0. The summed E-state index contributed by atoms with van der Waals surface area (Å²) in [4.78, 5) is 9.49. The third kappa shape index (κ3) is 3.54. The zero-order chi connectivity index (χ0) is 18.0. The van der Waals surface area contributed by atoms with E-state index in [-0.39, 0.29) is 13.1 Å². The second-order valence-corrected chi connectivity index (χ2v) is 7.27. The van der Waals surface area contributed by atoms with Crippen molar-refractivity contribution in [2.75, 3.05) is 38.2 Å². The molecular formula is C15H16F2N4O3S. The normalized spacial score (nSPS) is 16.0. The van der Waals surface area contributed by atoms with E-state index in [0.29, 0.717) is 31.0 Å². The molecule has 1 aliphatic heterocycles. The Morgan fingerprint density at radius 1 is 1.12 bits per heavy atom. The third-order valence-electron chi connectivity index (χ3n) is 3.86. The van der Waals surface area contributed by atoms with Crippen molar-refractivity contribution in [2.45, 2.75) is 4.90 Å². The summed E-state index contributed by atoms with van der Waals surface area (Å²) in [7, 11) is -2.62. The number of sulfonamides is 1. The number of methoxy groups -OCH3 is 1. The van der Waals surface area contributed by atoms with Gasteiger partial charge in [-0.15, -0.1) is 0 Å². The number of hydrogen-bond acceptors (Lipinski definition) is 6. The Hall–Kier alpha value is -2.33. The quantitative estimate of drug-likeness (QED) is 0.807. The number of rotatable bonds is 4. The van der Waals surface area contributed by atoms with Gasteiger partial charge in [-0.05, 0) is 18.2 Å². The molecule has 0 spiro atoms. The molecule has 0 saturated carbocycles. The molecule has 0 unspecified atom stereocenters. The lowest BCUT2D eigenvalue weighted by Gasteiger charge is -2.34. The fourth-order valence-electron chi connectivity index (χ4n) is 2.54. The Morgan fingerprint density at radius 3 is 2.52 bits per heavy atom. The van der Waals surface area contributed by atoms with E-state index >= 15 is 0 Å². The van der Waals surface area contributed by atoms with E-state index in [1.807, 2.05) is 0 Å². The van der Waals surface area contributed by atoms with E-state index in [1.54, 1.807) is 17.2 Å². The molecule has 0 amide bonds. The number of anilines is 1. The highest BCUT2D eigenvalue weighted by molar-refractivity contribution is 7.89. The summed E-state index contributed by atoms with van der Waals surface area (Å²) in [5, 5.41) is 0. The topological polar surface area (TPSA) is 75.6 Å². The third-order valence-corrected chi connectivity index (χ3v) is 5.77. The van der Waals surface area contributed by atoms with E-state index < -0.39 is 26.6 Å². The van der Waals surface area contributed by atoms with Gasteiger partial charge in [-0.1, -0.05) is 0 Å². The Morgan fingerprint density at radius 2 is 1.84 bits per heavy atom. The maximum absolute atomic E-state index is 13.8. The van der Waals surface area contributed by atoms with Crippen LogP contribution in [0.2, 0.25) is 0 Å². The fraction of sp³-hybridized carbons (Fsp3) is 0.333. The summed E-state index contributed by atoms with van der Waals surface area (Å²) in [5.74, 6) is -0.946. The predicted molar refractivity (Wildman–Crippen MR) is 85.9 cm³/mol. The average molecular weight is 370 g/mol. The molecule has 1 saturated heterocycles. The largest absolute Gasteiger partial charge is 0.481 e. The molecule has 0 bridgehead atoms. The van der Waals surface area contributed by atoms with Crippen LogP contribution >= 0.6 is 0 Å². The SMILES string of the molecule is COc1ccnc(N2CCN(S(=O)(=O)c3cc(F)ccc3F)CC2)n1. The molecule has 0 radical (unpaired) electrons. The van der Waals surface area contributed by atoms with Crippen LogP contribution in [-0.2, 0) is 10.0 Å². The van der Waals surface area contributed by atoms with Crippen LogP contribution in [0.15, 0.2) is 35.4 Å². The van der Waals surface area contributed by atoms with Crippen LogP contribution in [0.5, 0.6) is 5.88 Å². The number of aromatic nitrogens is 2. The first-order valence-corrected chi connectivity index (χ1v) is 8.93. The summed E-state index contributed by atoms with van der Waals surface area (Å²) >= 11 is 0. The van der Waals surface area contributed by atoms with E-state index in [0.717, 1.165) is 16.4 Å². The standard InChI is InChI=1S/C15H16F2N4O3S/c1-24-14-4-5-18-15(19-14)20-6-8-21(9-7-20)25(22,23)13-10-11(16)2-3-12(13)17/h2-5,10H,6-9H2,1H3. The Balaban J connectivity index is 1.76. The number of nitrogens with zero attached hydrogens (tertiary/aromatic N) is 4. The Kier molecular flexibility index (Phi) is 4.82. The number of piperazine rings is 1. The van der Waals surface area contributed by atoms with E-state index in [4.69, 9.17) is 4.74 Å². The summed E-state index contributed by atoms with van der Waals surface area (Å²) in [6, 6.07) is 3.99. The monoisotopic (exact) mass is 370 g/mol. The van der Waals surface area contributed by atoms with Crippen LogP contribution in [0.4, 0.5) is 14.7 Å². The molecule has 3 rings (SSSR count). The van der Waals surface area contributed by atoms with Gasteiger partial charge in [0.05, 0.1) is 7.11 Å². The first kappa shape index (κ1) is 17.5. The molecule has 0 aliphatic carbocycles. The summed E-state index contributed by atoms with van der Waals surface area (Å²) in [6.45, 7) is 0.865. The maximum atomic E-state index is 13.8. The summed E-state index contributed by atoms with van der Waals surface area (Å²) in [6.07, 6.45) is 1.55. The van der Waals surface area contributed by atoms with Crippen molar-refractivity contribution in [2.24, 2.45) is 0 Å². The van der Waals surface area contributed by atoms with Crippen LogP contribution < -0.4 is 9.64 Å². The van der Waals surface area contributed by atoms with Crippen molar-refractivity contribution in [1.29, 1.82) is 0 Å². The summed E-state index contributed by atoms with van der Waals surface area (Å²) < 4.78 is 58.4. The van der Waals surface area contributed by atoms with Gasteiger partial charge in [-0.2, -0.15) is 9.29 Å². The molecule has 134 valence electrons. The maximum Gasteiger partial charge on any atom is 0.246 e. The van der Waals surface area contributed by atoms with Gasteiger partial charge < -0.3 is 9.64 Å². The Labute approximate surface area is 143 Å². The van der Waals surface area contributed by atoms with Crippen molar-refractivity contribution in [1.82, 2.24) is 14.3 Å². The average Bonchev–Trinajstić information content (AvgIpc) is 2.63. The highest BCUT2D eigenvalue weighted by Crippen LogP contribution is 2.23. The van der Waals surface area contributed by atoms with Gasteiger partial charge in [0.25, 0.3) is 0 Å². The molecule has 10 heteroatoms. The van der Waals surface area contributed by atoms with Gasteiger partial charge in [-0.25, -0.2) is 22.2 Å². The van der Waals surface area contributed by atoms with Gasteiger partial charge >= 0.3 is 0 Å². The molecule has 7 nitrogen and oxygen atoms in total. The Bertz CT molecular complexity index is 871. The lowest BCUT2D eigenvalue weighted by Crippen LogP contribution is -2.49. The van der Waals surface area contributed by atoms with Crippen molar-refractivity contribution in [3.8, 4) is 5.88 Å². The molecule has 1 aliphatic rings. The number of ether oxygens (including phenoxy) is 1. The fourth-order valence-corrected chi connectivity index (χ4v) is 4.04. The second kappa shape index (κ2) is 6.89. The van der Waals surface area contributed by atoms with Gasteiger partial charge in [0.1, 0.15) is 16.5 Å². The minimum absolute atomic E-state index is 0.110. The van der Waals surface area contributed by atoms with Gasteiger partial charge in [-0.3, -0.25) is 0 Å². The molecule has 0 atom stereocenters. The van der Waals surface area contributed by atoms with Crippen molar-refractivity contribution in [3.63, 3.8) is 0 Å². The van der Waals surface area contributed by atoms with Gasteiger partial charge in [0, 0.05) is 38.4 Å². The lowest BCUT2D eigenvalue weighted by atomic mass is 10.3. The molecule has 1 aromatic heterocycles. The van der Waals surface area contributed by atoms with Gasteiger partial charge in [0.15, 0.2) is 0 Å². The molecule has 1 aromatic carbocycles. The number of halogens is 2. The zero-order valence-electron chi connectivity index (χ0n) is 13.4. The highest BCUT2D eigenvalue weighted by atomic mass is 32.2. The molecule has 1 fully saturated rings. The van der Waals surface area contributed by atoms with Crippen molar-refractivity contribution < 1.29 is 21.9 Å². The van der Waals surface area contributed by atoms with Gasteiger partial charge in [0.2, 0.25) is 21.9 Å². The zero-order valence-corrected chi connectivity index (χ0v) is 14.2. The molecule has 2 aromatic rings. The molecular weight excluding hydrogens is 354 g/mol. The van der Waals surface area contributed by atoms with Crippen LogP contribution in [0.25, 0.3) is 0 Å². The molecule has 25 heavy (non-hydrogen) atoms. The lowest BCUT2D eigenvalue weighted by molar-refractivity contribution is 0.375. The van der Waals surface area contributed by atoms with Crippen LogP contribution in [-0.4, -0.2) is 56.0 Å². The van der Waals surface area contributed by atoms with E-state index in [9.17, 15) is 17.2 Å². The highest BCUT2D eigenvalue weighted by Gasteiger charge is 2.31. The van der Waals surface area contributed by atoms with E-state index in [2.05, 4.69) is 9.97 Å². The van der Waals surface area contributed by atoms with Crippen molar-refractivity contribution >= 4 is 16.0 Å². The predicted octanol–water partition coefficient (Wildman–Crippen LogP) is 1.27. The molecule has 2 heterocycles. The number of benzene rings is 1. The van der Waals surface area contributed by atoms with Crippen LogP contribution in [0, 0.1) is 11.6 Å². The second-order valence-electron chi connectivity index (χ2n) is 5.36. The van der Waals surface area contributed by atoms with Crippen LogP contribution in [0.1, 0.15) is 0 Å². The minimum Gasteiger partial charge on any atom is -0.481 e. The van der Waals surface area contributed by atoms with Crippen LogP contribution in [0.3, 0.4) is 0 Å². The smallest absolute Gasteiger partial charge is 0.246 e. The first-order chi connectivity index (χ1) is 11.9. The van der Waals surface area contributed by atoms with E-state index in [1.165, 1.54) is 7.11 Å². The molecule has 0 N–H and O–H groups in total. The van der Waals surface area contributed by atoms with Crippen molar-refractivity contribution in [3.05, 3.63) is 42.1 Å². The minimum atomic E-state index is -4.11.